The molecule has 0 unspecified atom stereocenters. The van der Waals surface area contributed by atoms with E-state index in [1.165, 1.54) is 10.8 Å². The monoisotopic (exact) mass is 572 g/mol. The fraction of sp³-hybridized carbons (Fsp3) is 0.281. The van der Waals surface area contributed by atoms with Gasteiger partial charge < -0.3 is 24.1 Å². The van der Waals surface area contributed by atoms with E-state index in [1.807, 2.05) is 78.9 Å². The molecule has 1 aliphatic rings. The molecule has 42 heavy (non-hydrogen) atoms. The summed E-state index contributed by atoms with van der Waals surface area (Å²) in [5, 5.41) is 9.84. The smallest absolute Gasteiger partial charge is 0.330 e. The summed E-state index contributed by atoms with van der Waals surface area (Å²) in [5.74, 6) is 0.713. The van der Waals surface area contributed by atoms with Crippen molar-refractivity contribution in [2.75, 3.05) is 20.8 Å². The molecule has 1 saturated heterocycles. The van der Waals surface area contributed by atoms with Crippen molar-refractivity contribution in [3.05, 3.63) is 128 Å². The Balaban J connectivity index is 1.69. The lowest BCUT2D eigenvalue weighted by atomic mass is 9.79. The average Bonchev–Trinajstić information content (AvgIpc) is 3.45. The molecule has 218 valence electrons. The number of H-pyrrole nitrogens is 1. The summed E-state index contributed by atoms with van der Waals surface area (Å²) >= 11 is 0. The van der Waals surface area contributed by atoms with E-state index < -0.39 is 47.7 Å². The zero-order chi connectivity index (χ0) is 29.9. The summed E-state index contributed by atoms with van der Waals surface area (Å²) in [4.78, 5) is 40.0. The Labute approximate surface area is 242 Å². The van der Waals surface area contributed by atoms with Crippen molar-refractivity contribution in [1.82, 2.24) is 9.55 Å². The van der Waals surface area contributed by atoms with Crippen LogP contribution in [0.5, 0.6) is 11.5 Å². The molecular weight excluding hydrogens is 540 g/mol. The van der Waals surface area contributed by atoms with Crippen LogP contribution in [0.25, 0.3) is 0 Å². The number of aliphatic hydroxyl groups is 1. The van der Waals surface area contributed by atoms with Crippen LogP contribution in [0.15, 0.2) is 94.6 Å². The predicted molar refractivity (Wildman–Crippen MR) is 154 cm³/mol. The van der Waals surface area contributed by atoms with Gasteiger partial charge >= 0.3 is 5.69 Å². The third kappa shape index (κ3) is 5.39. The minimum atomic E-state index is -1.26. The van der Waals surface area contributed by atoms with E-state index in [1.54, 1.807) is 21.1 Å². The number of hydrogen-bond donors (Lipinski definition) is 2. The number of aryl methyl sites for hydroxylation is 1. The number of methoxy groups -OCH3 is 2. The zero-order valence-corrected chi connectivity index (χ0v) is 23.5. The van der Waals surface area contributed by atoms with Crippen LogP contribution in [0.4, 0.5) is 0 Å². The second-order valence-corrected chi connectivity index (χ2v) is 10.0. The molecule has 2 heterocycles. The molecule has 4 aromatic rings. The third-order valence-corrected chi connectivity index (χ3v) is 7.51. The molecule has 0 aliphatic carbocycles. The molecule has 1 aromatic heterocycles. The summed E-state index contributed by atoms with van der Waals surface area (Å²) in [7, 11) is 3.17. The van der Waals surface area contributed by atoms with Crippen molar-refractivity contribution in [2.45, 2.75) is 37.4 Å². The van der Waals surface area contributed by atoms with Gasteiger partial charge in [-0.15, -0.1) is 0 Å². The fourth-order valence-corrected chi connectivity index (χ4v) is 5.35. The Morgan fingerprint density at radius 2 is 1.48 bits per heavy atom. The van der Waals surface area contributed by atoms with Crippen molar-refractivity contribution >= 4 is 5.78 Å². The Hall–Kier alpha value is -4.51. The van der Waals surface area contributed by atoms with Gasteiger partial charge in [0, 0.05) is 18.2 Å². The van der Waals surface area contributed by atoms with Gasteiger partial charge in [-0.25, -0.2) is 4.79 Å². The van der Waals surface area contributed by atoms with E-state index in [-0.39, 0.29) is 6.42 Å². The average molecular weight is 573 g/mol. The molecule has 0 radical (unpaired) electrons. The molecule has 0 bridgehead atoms. The number of aromatic amines is 1. The first kappa shape index (κ1) is 29.0. The van der Waals surface area contributed by atoms with E-state index in [4.69, 9.17) is 18.9 Å². The number of Topliss-reactive ketones (excluding diaryl/α,β-unsaturated/α-hetero) is 1. The van der Waals surface area contributed by atoms with Crippen LogP contribution in [-0.2, 0) is 19.9 Å². The fourth-order valence-electron chi connectivity index (χ4n) is 5.35. The number of nitrogens with one attached hydrogen (secondary N) is 1. The van der Waals surface area contributed by atoms with Gasteiger partial charge in [0.2, 0.25) is 0 Å². The quantitative estimate of drug-likeness (QED) is 0.278. The first-order chi connectivity index (χ1) is 20.3. The van der Waals surface area contributed by atoms with Gasteiger partial charge in [-0.05, 0) is 47.9 Å². The molecular formula is C32H32N2O8. The highest BCUT2D eigenvalue weighted by Crippen LogP contribution is 2.45. The molecule has 5 rings (SSSR count). The minimum Gasteiger partial charge on any atom is -0.497 e. The lowest BCUT2D eigenvalue weighted by Crippen LogP contribution is -2.43. The van der Waals surface area contributed by atoms with Crippen molar-refractivity contribution in [3.8, 4) is 11.5 Å². The van der Waals surface area contributed by atoms with Crippen LogP contribution in [-0.4, -0.2) is 53.5 Å². The van der Waals surface area contributed by atoms with E-state index >= 15 is 0 Å². The van der Waals surface area contributed by atoms with Crippen molar-refractivity contribution in [2.24, 2.45) is 0 Å². The Bertz CT molecular complexity index is 1600. The van der Waals surface area contributed by atoms with Gasteiger partial charge in [0.1, 0.15) is 36.0 Å². The van der Waals surface area contributed by atoms with Gasteiger partial charge in [-0.1, -0.05) is 54.6 Å². The number of ether oxygens (including phenoxy) is 4. The lowest BCUT2D eigenvalue weighted by molar-refractivity contribution is -0.145. The Kier molecular flexibility index (Phi) is 8.39. The summed E-state index contributed by atoms with van der Waals surface area (Å²) in [5.41, 5.74) is 0.130. The molecule has 0 spiro atoms. The second kappa shape index (κ2) is 12.2. The van der Waals surface area contributed by atoms with Crippen LogP contribution in [0.1, 0.15) is 34.9 Å². The summed E-state index contributed by atoms with van der Waals surface area (Å²) in [6.07, 6.45) is -1.55. The largest absolute Gasteiger partial charge is 0.497 e. The maximum atomic E-state index is 13.0. The molecule has 10 nitrogen and oxygen atoms in total. The SMILES string of the molecule is COc1ccc(C(O[C@H]2C[C@H](n3cc(C)c(=O)[nH]c3=O)O[C@@H]2C(=O)CO)(c2ccccc2)c2ccc(OC)cc2)cc1. The molecule has 2 N–H and O–H groups in total. The summed E-state index contributed by atoms with van der Waals surface area (Å²) in [6, 6.07) is 24.4. The standard InChI is InChI=1S/C32H32N2O8/c1-20-18-34(31(38)33-30(20)37)28-17-27(29(41-28)26(36)19-35)42-32(21-7-5-4-6-8-21,22-9-13-24(39-2)14-10-22)23-11-15-25(40-3)16-12-23/h4-16,18,27-29,35H,17,19H2,1-3H3,(H,33,37,38)/t27-,28+,29+/m0/s1. The maximum Gasteiger partial charge on any atom is 0.330 e. The normalized spacial score (nSPS) is 18.5. The highest BCUT2D eigenvalue weighted by atomic mass is 16.6. The van der Waals surface area contributed by atoms with Crippen molar-refractivity contribution in [1.29, 1.82) is 0 Å². The van der Waals surface area contributed by atoms with Gasteiger partial charge in [0.05, 0.1) is 20.3 Å². The number of rotatable bonds is 10. The summed E-state index contributed by atoms with van der Waals surface area (Å²) in [6.45, 7) is 0.794. The van der Waals surface area contributed by atoms with Gasteiger partial charge in [0.15, 0.2) is 5.78 Å². The Morgan fingerprint density at radius 3 is 2.00 bits per heavy atom. The molecule has 0 amide bonds. The molecule has 1 aliphatic heterocycles. The Morgan fingerprint density at radius 1 is 0.929 bits per heavy atom. The van der Waals surface area contributed by atoms with Crippen molar-refractivity contribution in [3.63, 3.8) is 0 Å². The number of nitrogens with zero attached hydrogens (tertiary/aromatic N) is 1. The van der Waals surface area contributed by atoms with Crippen LogP contribution < -0.4 is 20.7 Å². The lowest BCUT2D eigenvalue weighted by Gasteiger charge is -2.39. The van der Waals surface area contributed by atoms with Crippen LogP contribution in [0.3, 0.4) is 0 Å². The number of hydrogen-bond acceptors (Lipinski definition) is 8. The van der Waals surface area contributed by atoms with E-state index in [2.05, 4.69) is 4.98 Å². The highest BCUT2D eigenvalue weighted by Gasteiger charge is 2.48. The molecule has 3 aromatic carbocycles. The number of aromatic nitrogens is 2. The van der Waals surface area contributed by atoms with E-state index in [0.29, 0.717) is 17.1 Å². The maximum absolute atomic E-state index is 13.0. The molecule has 1 fully saturated rings. The first-order valence-electron chi connectivity index (χ1n) is 13.4. The molecule has 3 atom stereocenters. The van der Waals surface area contributed by atoms with Gasteiger partial charge in [-0.2, -0.15) is 0 Å². The predicted octanol–water partition coefficient (Wildman–Crippen LogP) is 3.09. The molecule has 10 heteroatoms. The first-order valence-corrected chi connectivity index (χ1v) is 13.4. The van der Waals surface area contributed by atoms with Gasteiger partial charge in [-0.3, -0.25) is 19.1 Å². The van der Waals surface area contributed by atoms with E-state index in [9.17, 15) is 19.5 Å². The number of carbonyl (C=O) groups excluding carboxylic acids is 1. The summed E-state index contributed by atoms with van der Waals surface area (Å²) < 4.78 is 25.2. The number of ketones is 1. The van der Waals surface area contributed by atoms with Crippen LogP contribution in [0, 0.1) is 6.92 Å². The third-order valence-electron chi connectivity index (χ3n) is 7.51. The number of benzene rings is 3. The number of aliphatic hydroxyl groups excluding tert-OH is 1. The minimum absolute atomic E-state index is 0.0860. The van der Waals surface area contributed by atoms with Crippen LogP contribution in [0.2, 0.25) is 0 Å². The number of carbonyl (C=O) groups is 1. The van der Waals surface area contributed by atoms with Crippen molar-refractivity contribution < 1.29 is 28.8 Å². The molecule has 0 saturated carbocycles. The van der Waals surface area contributed by atoms with Gasteiger partial charge in [0.25, 0.3) is 5.56 Å². The van der Waals surface area contributed by atoms with E-state index in [0.717, 1.165) is 16.7 Å². The zero-order valence-electron chi connectivity index (χ0n) is 23.5. The second-order valence-electron chi connectivity index (χ2n) is 10.0. The topological polar surface area (TPSA) is 129 Å². The van der Waals surface area contributed by atoms with Crippen LogP contribution >= 0.6 is 0 Å². The highest BCUT2D eigenvalue weighted by molar-refractivity contribution is 5.85.